The first-order valence-corrected chi connectivity index (χ1v) is 24.4. The predicted octanol–water partition coefficient (Wildman–Crippen LogP) is 13.4. The normalized spacial score (nSPS) is 13.8. The molecule has 0 aliphatic heterocycles. The SMILES string of the molecule is CCCCCCCCCC/C=C\CCCCCCCCCCCC(=O)OC(COCCCCCCCCCCCCC)COP(=O)(O)OCC[N+](C)(C)C. The average Bonchev–Trinajstić information content (AvgIpc) is 3.12. The molecule has 0 aliphatic rings. The van der Waals surface area contributed by atoms with Gasteiger partial charge in [-0.3, -0.25) is 13.8 Å². The highest BCUT2D eigenvalue weighted by atomic mass is 31.2. The zero-order valence-corrected chi connectivity index (χ0v) is 37.4. The van der Waals surface area contributed by atoms with E-state index in [-0.39, 0.29) is 25.8 Å². The van der Waals surface area contributed by atoms with Gasteiger partial charge in [0.15, 0.2) is 0 Å². The molecule has 2 atom stereocenters. The van der Waals surface area contributed by atoms with Crippen LogP contribution in [0.5, 0.6) is 0 Å². The standard InChI is InChI=1S/C45H90NO7P/c1-6-8-10-12-14-16-18-19-20-21-22-23-24-25-26-27-28-30-32-34-36-38-45(47)53-44(43-52-54(48,49)51-41-39-46(3,4)5)42-50-40-37-35-33-31-29-17-15-13-11-9-7-2/h21-22,44H,6-20,23-43H2,1-5H3/p+1/b22-21-. The minimum Gasteiger partial charge on any atom is -0.457 e. The maximum Gasteiger partial charge on any atom is 0.472 e. The van der Waals surface area contributed by atoms with Gasteiger partial charge in [0.05, 0.1) is 34.4 Å². The van der Waals surface area contributed by atoms with Gasteiger partial charge in [0.1, 0.15) is 19.3 Å². The molecule has 2 unspecified atom stereocenters. The number of likely N-dealkylation sites (N-methyl/N-ethyl adjacent to an activating group) is 1. The second-order valence-corrected chi connectivity index (χ2v) is 18.2. The van der Waals surface area contributed by atoms with Gasteiger partial charge in [-0.1, -0.05) is 180 Å². The smallest absolute Gasteiger partial charge is 0.457 e. The molecule has 0 spiro atoms. The van der Waals surface area contributed by atoms with E-state index in [1.807, 2.05) is 21.1 Å². The molecule has 9 heteroatoms. The van der Waals surface area contributed by atoms with Crippen molar-refractivity contribution in [2.24, 2.45) is 0 Å². The number of carbonyl (C=O) groups excluding carboxylic acids is 1. The molecule has 0 saturated heterocycles. The van der Waals surface area contributed by atoms with Gasteiger partial charge in [-0.25, -0.2) is 4.57 Å². The van der Waals surface area contributed by atoms with Crippen molar-refractivity contribution in [1.29, 1.82) is 0 Å². The molecule has 322 valence electrons. The minimum absolute atomic E-state index is 0.0914. The predicted molar refractivity (Wildman–Crippen MR) is 229 cm³/mol. The Labute approximate surface area is 335 Å². The Balaban J connectivity index is 4.12. The van der Waals surface area contributed by atoms with Crippen molar-refractivity contribution in [1.82, 2.24) is 0 Å². The van der Waals surface area contributed by atoms with Crippen molar-refractivity contribution in [2.45, 2.75) is 219 Å². The molecule has 0 heterocycles. The molecule has 0 aromatic heterocycles. The van der Waals surface area contributed by atoms with Crippen molar-refractivity contribution in [3.8, 4) is 0 Å². The molecule has 1 N–H and O–H groups in total. The Kier molecular flexibility index (Phi) is 38.5. The summed E-state index contributed by atoms with van der Waals surface area (Å²) in [4.78, 5) is 22.9. The summed E-state index contributed by atoms with van der Waals surface area (Å²) in [6.45, 7) is 5.65. The molecule has 0 aromatic carbocycles. The number of phosphoric ester groups is 1. The fourth-order valence-corrected chi connectivity index (χ4v) is 7.23. The van der Waals surface area contributed by atoms with E-state index in [9.17, 15) is 14.3 Å². The molecule has 0 fully saturated rings. The third-order valence-corrected chi connectivity index (χ3v) is 11.1. The van der Waals surface area contributed by atoms with Gasteiger partial charge < -0.3 is 18.9 Å². The Morgan fingerprint density at radius 2 is 0.963 bits per heavy atom. The zero-order chi connectivity index (χ0) is 39.9. The number of hydrogen-bond donors (Lipinski definition) is 1. The van der Waals surface area contributed by atoms with Crippen LogP contribution in [0.25, 0.3) is 0 Å². The highest BCUT2D eigenvalue weighted by Crippen LogP contribution is 2.43. The number of phosphoric acid groups is 1. The monoisotopic (exact) mass is 789 g/mol. The molecule has 0 amide bonds. The summed E-state index contributed by atoms with van der Waals surface area (Å²) in [7, 11) is 1.68. The number of unbranched alkanes of at least 4 members (excludes halogenated alkanes) is 27. The molecule has 8 nitrogen and oxygen atoms in total. The minimum atomic E-state index is -4.27. The first kappa shape index (κ1) is 53.2. The van der Waals surface area contributed by atoms with Crippen LogP contribution >= 0.6 is 7.82 Å². The van der Waals surface area contributed by atoms with Crippen LogP contribution in [0.3, 0.4) is 0 Å². The number of allylic oxidation sites excluding steroid dienone is 2. The van der Waals surface area contributed by atoms with Gasteiger partial charge >= 0.3 is 13.8 Å². The van der Waals surface area contributed by atoms with Crippen LogP contribution in [-0.4, -0.2) is 75.6 Å². The van der Waals surface area contributed by atoms with Crippen molar-refractivity contribution in [2.75, 3.05) is 54.1 Å². The van der Waals surface area contributed by atoms with E-state index in [1.165, 1.54) is 161 Å². The van der Waals surface area contributed by atoms with Crippen LogP contribution in [0.1, 0.15) is 213 Å². The number of hydrogen-bond acceptors (Lipinski definition) is 6. The zero-order valence-electron chi connectivity index (χ0n) is 36.5. The summed E-state index contributed by atoms with van der Waals surface area (Å²) in [6, 6.07) is 0. The number of rotatable bonds is 43. The second kappa shape index (κ2) is 39.1. The van der Waals surface area contributed by atoms with E-state index in [1.54, 1.807) is 0 Å². The molecule has 0 bridgehead atoms. The maximum absolute atomic E-state index is 12.7. The van der Waals surface area contributed by atoms with Crippen molar-refractivity contribution in [3.63, 3.8) is 0 Å². The van der Waals surface area contributed by atoms with Crippen molar-refractivity contribution < 1.29 is 37.3 Å². The van der Waals surface area contributed by atoms with E-state index >= 15 is 0 Å². The highest BCUT2D eigenvalue weighted by molar-refractivity contribution is 7.47. The van der Waals surface area contributed by atoms with Crippen LogP contribution < -0.4 is 0 Å². The van der Waals surface area contributed by atoms with Crippen LogP contribution in [0.4, 0.5) is 0 Å². The van der Waals surface area contributed by atoms with Crippen LogP contribution in [0.2, 0.25) is 0 Å². The molecule has 54 heavy (non-hydrogen) atoms. The van der Waals surface area contributed by atoms with Gasteiger partial charge in [-0.15, -0.1) is 0 Å². The largest absolute Gasteiger partial charge is 0.472 e. The first-order chi connectivity index (χ1) is 26.1. The van der Waals surface area contributed by atoms with E-state index in [0.717, 1.165) is 32.1 Å². The fraction of sp³-hybridized carbons (Fsp3) is 0.933. The fourth-order valence-electron chi connectivity index (χ4n) is 6.49. The quantitative estimate of drug-likeness (QED) is 0.0216. The second-order valence-electron chi connectivity index (χ2n) is 16.8. The Morgan fingerprint density at radius 3 is 1.41 bits per heavy atom. The topological polar surface area (TPSA) is 91.3 Å². The van der Waals surface area contributed by atoms with E-state index in [0.29, 0.717) is 24.1 Å². The third kappa shape index (κ3) is 42.4. The number of esters is 1. The molecule has 0 rings (SSSR count). The summed E-state index contributed by atoms with van der Waals surface area (Å²) in [5.41, 5.74) is 0. The van der Waals surface area contributed by atoms with Gasteiger partial charge in [0.2, 0.25) is 0 Å². The summed E-state index contributed by atoms with van der Waals surface area (Å²) in [5, 5.41) is 0. The van der Waals surface area contributed by atoms with E-state index < -0.39 is 13.9 Å². The lowest BCUT2D eigenvalue weighted by molar-refractivity contribution is -0.870. The van der Waals surface area contributed by atoms with Gasteiger partial charge in [-0.05, 0) is 38.5 Å². The first-order valence-electron chi connectivity index (χ1n) is 22.9. The lowest BCUT2D eigenvalue weighted by Gasteiger charge is -2.24. The van der Waals surface area contributed by atoms with Crippen molar-refractivity contribution >= 4 is 13.8 Å². The molecule has 0 saturated carbocycles. The maximum atomic E-state index is 12.7. The summed E-state index contributed by atoms with van der Waals surface area (Å²) in [5.74, 6) is -0.313. The number of quaternary nitrogens is 1. The van der Waals surface area contributed by atoms with Gasteiger partial charge in [0, 0.05) is 13.0 Å². The Morgan fingerprint density at radius 1 is 0.556 bits per heavy atom. The van der Waals surface area contributed by atoms with E-state index in [4.69, 9.17) is 18.5 Å². The summed E-state index contributed by atoms with van der Waals surface area (Å²) < 4.78 is 35.0. The van der Waals surface area contributed by atoms with Crippen LogP contribution in [0, 0.1) is 0 Å². The lowest BCUT2D eigenvalue weighted by Crippen LogP contribution is -2.37. The number of carbonyl (C=O) groups is 1. The van der Waals surface area contributed by atoms with Crippen LogP contribution in [0.15, 0.2) is 12.2 Å². The lowest BCUT2D eigenvalue weighted by atomic mass is 10.1. The van der Waals surface area contributed by atoms with Gasteiger partial charge in [-0.2, -0.15) is 0 Å². The molecule has 0 aliphatic carbocycles. The molecular weight excluding hydrogens is 697 g/mol. The third-order valence-electron chi connectivity index (χ3n) is 10.1. The average molecular weight is 789 g/mol. The number of ether oxygens (including phenoxy) is 2. The molecule has 0 radical (unpaired) electrons. The van der Waals surface area contributed by atoms with Gasteiger partial charge in [0.25, 0.3) is 0 Å². The van der Waals surface area contributed by atoms with E-state index in [2.05, 4.69) is 26.0 Å². The summed E-state index contributed by atoms with van der Waals surface area (Å²) >= 11 is 0. The Hall–Kier alpha value is -0.760. The van der Waals surface area contributed by atoms with Crippen LogP contribution in [-0.2, 0) is 27.9 Å². The summed E-state index contributed by atoms with van der Waals surface area (Å²) in [6.07, 6.45) is 42.4. The Bertz CT molecular complexity index is 879. The molecule has 0 aromatic rings. The molecular formula is C45H91NO7P+. The number of nitrogens with zero attached hydrogens (tertiary/aromatic N) is 1. The highest BCUT2D eigenvalue weighted by Gasteiger charge is 2.26. The van der Waals surface area contributed by atoms with Crippen molar-refractivity contribution in [3.05, 3.63) is 12.2 Å².